The van der Waals surface area contributed by atoms with Gasteiger partial charge in [-0.2, -0.15) is 16.1 Å². The zero-order valence-corrected chi connectivity index (χ0v) is 17.5. The van der Waals surface area contributed by atoms with Crippen molar-refractivity contribution in [1.82, 2.24) is 20.1 Å². The number of amides is 2. The van der Waals surface area contributed by atoms with Crippen molar-refractivity contribution >= 4 is 39.3 Å². The van der Waals surface area contributed by atoms with Gasteiger partial charge in [-0.15, -0.1) is 0 Å². The molecule has 0 atom stereocenters. The number of aromatic amines is 1. The van der Waals surface area contributed by atoms with Crippen LogP contribution in [0.15, 0.2) is 41.4 Å². The van der Waals surface area contributed by atoms with Gasteiger partial charge in [-0.3, -0.25) is 20.4 Å². The number of rotatable bonds is 6. The maximum absolute atomic E-state index is 12.6. The highest BCUT2D eigenvalue weighted by atomic mass is 32.2. The Morgan fingerprint density at radius 2 is 1.83 bits per heavy atom. The molecule has 0 spiro atoms. The van der Waals surface area contributed by atoms with Gasteiger partial charge >= 0.3 is 0 Å². The summed E-state index contributed by atoms with van der Waals surface area (Å²) in [5, 5.41) is 2.94. The number of thioether (sulfide) groups is 1. The van der Waals surface area contributed by atoms with E-state index in [1.165, 1.54) is 16.6 Å². The molecule has 29 heavy (non-hydrogen) atoms. The summed E-state index contributed by atoms with van der Waals surface area (Å²) in [6.45, 7) is 2.84. The first-order valence-corrected chi connectivity index (χ1v) is 11.6. The van der Waals surface area contributed by atoms with Gasteiger partial charge in [0, 0.05) is 36.5 Å². The summed E-state index contributed by atoms with van der Waals surface area (Å²) in [7, 11) is -3.64. The summed E-state index contributed by atoms with van der Waals surface area (Å²) in [5.74, 6) is 0.424. The second-order valence-electron chi connectivity index (χ2n) is 6.49. The number of H-pyrrole nitrogens is 1. The van der Waals surface area contributed by atoms with Gasteiger partial charge in [0.05, 0.1) is 6.54 Å². The lowest BCUT2D eigenvalue weighted by atomic mass is 10.2. The second kappa shape index (κ2) is 9.33. The fourth-order valence-electron chi connectivity index (χ4n) is 2.68. The molecule has 1 aliphatic heterocycles. The lowest BCUT2D eigenvalue weighted by Gasteiger charge is -2.24. The number of hydrogen-bond donors (Lipinski definition) is 4. The van der Waals surface area contributed by atoms with Crippen molar-refractivity contribution < 1.29 is 18.0 Å². The minimum Gasteiger partial charge on any atom is -0.376 e. The van der Waals surface area contributed by atoms with E-state index in [1.54, 1.807) is 11.8 Å². The van der Waals surface area contributed by atoms with Crippen molar-refractivity contribution in [3.8, 4) is 0 Å². The lowest BCUT2D eigenvalue weighted by Crippen LogP contribution is -2.44. The first-order valence-electron chi connectivity index (χ1n) is 9.02. The van der Waals surface area contributed by atoms with E-state index in [2.05, 4.69) is 21.2 Å². The van der Waals surface area contributed by atoms with E-state index in [4.69, 9.17) is 0 Å². The number of nitrogens with zero attached hydrogens (tertiary/aromatic N) is 1. The van der Waals surface area contributed by atoms with E-state index in [9.17, 15) is 18.0 Å². The Kier molecular flexibility index (Phi) is 6.83. The van der Waals surface area contributed by atoms with Gasteiger partial charge in [-0.25, -0.2) is 8.42 Å². The van der Waals surface area contributed by atoms with Crippen LogP contribution in [-0.4, -0.2) is 60.7 Å². The Bertz CT molecular complexity index is 966. The fourth-order valence-corrected chi connectivity index (χ4v) is 5.25. The molecule has 1 aliphatic rings. The zero-order valence-electron chi connectivity index (χ0n) is 15.9. The van der Waals surface area contributed by atoms with Crippen LogP contribution in [0.1, 0.15) is 16.1 Å². The van der Waals surface area contributed by atoms with Gasteiger partial charge in [0.25, 0.3) is 11.8 Å². The number of nitrogens with one attached hydrogen (secondary N) is 4. The summed E-state index contributed by atoms with van der Waals surface area (Å²) in [6, 6.07) is 8.80. The van der Waals surface area contributed by atoms with Crippen LogP contribution in [0.3, 0.4) is 0 Å². The predicted octanol–water partition coefficient (Wildman–Crippen LogP) is 0.934. The molecule has 1 aromatic carbocycles. The van der Waals surface area contributed by atoms with Gasteiger partial charge in [-0.1, -0.05) is 17.7 Å². The van der Waals surface area contributed by atoms with Gasteiger partial charge < -0.3 is 10.3 Å². The number of benzene rings is 1. The summed E-state index contributed by atoms with van der Waals surface area (Å²) in [4.78, 5) is 26.8. The van der Waals surface area contributed by atoms with E-state index < -0.39 is 21.8 Å². The van der Waals surface area contributed by atoms with Crippen molar-refractivity contribution in [2.45, 2.75) is 11.8 Å². The van der Waals surface area contributed by atoms with E-state index >= 15 is 0 Å². The third kappa shape index (κ3) is 5.52. The molecule has 3 rings (SSSR count). The third-order valence-electron chi connectivity index (χ3n) is 4.33. The number of carbonyl (C=O) groups excluding carboxylic acids is 2. The molecule has 1 saturated heterocycles. The SMILES string of the molecule is Cc1ccc(NCC(=O)NNC(=O)c2cc(S(=O)(=O)N3CCSCC3)c[nH]2)cc1. The largest absolute Gasteiger partial charge is 0.376 e. The van der Waals surface area contributed by atoms with E-state index in [0.29, 0.717) is 13.1 Å². The Morgan fingerprint density at radius 1 is 1.14 bits per heavy atom. The summed E-state index contributed by atoms with van der Waals surface area (Å²) < 4.78 is 26.6. The monoisotopic (exact) mass is 437 g/mol. The van der Waals surface area contributed by atoms with Crippen LogP contribution in [0.25, 0.3) is 0 Å². The number of aromatic nitrogens is 1. The van der Waals surface area contributed by atoms with Crippen LogP contribution in [0.4, 0.5) is 5.69 Å². The molecule has 0 unspecified atom stereocenters. The molecule has 1 fully saturated rings. The quantitative estimate of drug-likeness (QED) is 0.499. The maximum Gasteiger partial charge on any atom is 0.286 e. The molecule has 0 bridgehead atoms. The molecule has 0 saturated carbocycles. The Labute approximate surface area is 173 Å². The normalized spacial score (nSPS) is 14.9. The fraction of sp³-hybridized carbons (Fsp3) is 0.333. The highest BCUT2D eigenvalue weighted by Gasteiger charge is 2.27. The van der Waals surface area contributed by atoms with Crippen LogP contribution >= 0.6 is 11.8 Å². The first-order chi connectivity index (χ1) is 13.9. The summed E-state index contributed by atoms with van der Waals surface area (Å²) in [6.07, 6.45) is 1.28. The van der Waals surface area contributed by atoms with Crippen molar-refractivity contribution in [2.24, 2.45) is 0 Å². The Balaban J connectivity index is 1.50. The standard InChI is InChI=1S/C18H23N5O4S2/c1-13-2-4-14(5-3-13)19-12-17(24)21-22-18(25)16-10-15(11-20-16)29(26,27)23-6-8-28-9-7-23/h2-5,10-11,19-20H,6-9,12H2,1H3,(H,21,24)(H,22,25). The smallest absolute Gasteiger partial charge is 0.286 e. The molecule has 2 amide bonds. The Hall–Kier alpha value is -2.50. The topological polar surface area (TPSA) is 123 Å². The molecular weight excluding hydrogens is 414 g/mol. The van der Waals surface area contributed by atoms with E-state index in [-0.39, 0.29) is 17.1 Å². The molecule has 11 heteroatoms. The predicted molar refractivity (Wildman–Crippen MR) is 112 cm³/mol. The number of sulfonamides is 1. The Morgan fingerprint density at radius 3 is 2.52 bits per heavy atom. The van der Waals surface area contributed by atoms with Gasteiger partial charge in [0.15, 0.2) is 0 Å². The second-order valence-corrected chi connectivity index (χ2v) is 9.65. The van der Waals surface area contributed by atoms with Crippen molar-refractivity contribution in [3.63, 3.8) is 0 Å². The van der Waals surface area contributed by atoms with E-state index in [1.807, 2.05) is 31.2 Å². The molecule has 2 aromatic rings. The van der Waals surface area contributed by atoms with Crippen LogP contribution < -0.4 is 16.2 Å². The minimum atomic E-state index is -3.64. The highest BCUT2D eigenvalue weighted by Crippen LogP contribution is 2.20. The van der Waals surface area contributed by atoms with Crippen LogP contribution in [0, 0.1) is 6.92 Å². The number of carbonyl (C=O) groups is 2. The molecule has 0 radical (unpaired) electrons. The number of hydrogen-bond acceptors (Lipinski definition) is 6. The summed E-state index contributed by atoms with van der Waals surface area (Å²) >= 11 is 1.71. The van der Waals surface area contributed by atoms with Gasteiger partial charge in [0.1, 0.15) is 10.6 Å². The molecule has 0 aliphatic carbocycles. The van der Waals surface area contributed by atoms with E-state index in [0.717, 1.165) is 22.8 Å². The van der Waals surface area contributed by atoms with Crippen molar-refractivity contribution in [3.05, 3.63) is 47.8 Å². The lowest BCUT2D eigenvalue weighted by molar-refractivity contribution is -0.120. The average molecular weight is 438 g/mol. The van der Waals surface area contributed by atoms with Crippen LogP contribution in [0.2, 0.25) is 0 Å². The molecule has 4 N–H and O–H groups in total. The van der Waals surface area contributed by atoms with Gasteiger partial charge in [-0.05, 0) is 25.1 Å². The minimum absolute atomic E-state index is 0.0271. The summed E-state index contributed by atoms with van der Waals surface area (Å²) in [5.41, 5.74) is 6.50. The molecule has 156 valence electrons. The zero-order chi connectivity index (χ0) is 20.9. The number of aryl methyl sites for hydroxylation is 1. The number of hydrazine groups is 1. The molecule has 9 nitrogen and oxygen atoms in total. The molecule has 2 heterocycles. The van der Waals surface area contributed by atoms with Crippen LogP contribution in [0.5, 0.6) is 0 Å². The van der Waals surface area contributed by atoms with Crippen molar-refractivity contribution in [1.29, 1.82) is 0 Å². The third-order valence-corrected chi connectivity index (χ3v) is 7.15. The highest BCUT2D eigenvalue weighted by molar-refractivity contribution is 7.99. The first kappa shape index (κ1) is 21.2. The van der Waals surface area contributed by atoms with Gasteiger partial charge in [0.2, 0.25) is 10.0 Å². The number of anilines is 1. The van der Waals surface area contributed by atoms with Crippen molar-refractivity contribution in [2.75, 3.05) is 36.5 Å². The molecular formula is C18H23N5O4S2. The average Bonchev–Trinajstić information content (AvgIpc) is 3.23. The molecule has 1 aromatic heterocycles. The van der Waals surface area contributed by atoms with Crippen LogP contribution in [-0.2, 0) is 14.8 Å². The maximum atomic E-state index is 12.6.